The van der Waals surface area contributed by atoms with Crippen LogP contribution in [0.25, 0.3) is 0 Å². The van der Waals surface area contributed by atoms with E-state index in [0.717, 1.165) is 16.9 Å². The molecule has 2 heteroatoms. The molecule has 0 N–H and O–H groups in total. The van der Waals surface area contributed by atoms with Crippen molar-refractivity contribution in [1.82, 2.24) is 0 Å². The van der Waals surface area contributed by atoms with Crippen LogP contribution in [0.5, 0.6) is 11.5 Å². The van der Waals surface area contributed by atoms with Gasteiger partial charge in [-0.05, 0) is 36.1 Å². The molecule has 0 fully saturated rings. The van der Waals surface area contributed by atoms with Gasteiger partial charge in [0, 0.05) is 5.56 Å². The molecule has 0 amide bonds. The lowest BCUT2D eigenvalue weighted by atomic mass is 9.86. The molecule has 0 heterocycles. The molecule has 0 aliphatic rings. The molecule has 0 aliphatic carbocycles. The summed E-state index contributed by atoms with van der Waals surface area (Å²) in [6.07, 6.45) is 0. The summed E-state index contributed by atoms with van der Waals surface area (Å²) in [7, 11) is 0. The number of nitrogens with zero attached hydrogens (tertiary/aromatic N) is 1. The molecule has 20 heavy (non-hydrogen) atoms. The molecule has 0 aliphatic heterocycles. The predicted octanol–water partition coefficient (Wildman–Crippen LogP) is 4.96. The van der Waals surface area contributed by atoms with Crippen LogP contribution in [0.3, 0.4) is 0 Å². The molecule has 0 saturated carbocycles. The van der Waals surface area contributed by atoms with Crippen molar-refractivity contribution in [2.24, 2.45) is 0 Å². The molecule has 0 unspecified atom stereocenters. The van der Waals surface area contributed by atoms with Crippen LogP contribution in [0.1, 0.15) is 37.5 Å². The molecule has 0 aromatic heterocycles. The first-order valence-electron chi connectivity index (χ1n) is 6.70. The van der Waals surface area contributed by atoms with E-state index < -0.39 is 0 Å². The number of para-hydroxylation sites is 1. The third-order valence-electron chi connectivity index (χ3n) is 3.17. The number of benzene rings is 2. The monoisotopic (exact) mass is 265 g/mol. The highest BCUT2D eigenvalue weighted by atomic mass is 16.5. The van der Waals surface area contributed by atoms with Gasteiger partial charge in [0.1, 0.15) is 17.6 Å². The molecule has 0 atom stereocenters. The second-order valence-electron chi connectivity index (χ2n) is 5.96. The van der Waals surface area contributed by atoms with E-state index in [1.165, 1.54) is 0 Å². The Labute approximate surface area is 120 Å². The smallest absolute Gasteiger partial charge is 0.145 e. The van der Waals surface area contributed by atoms with Crippen LogP contribution in [0.2, 0.25) is 0 Å². The zero-order valence-corrected chi connectivity index (χ0v) is 12.4. The van der Waals surface area contributed by atoms with E-state index in [2.05, 4.69) is 32.9 Å². The highest BCUT2D eigenvalue weighted by Crippen LogP contribution is 2.35. The van der Waals surface area contributed by atoms with E-state index >= 15 is 0 Å². The lowest BCUT2D eigenvalue weighted by Crippen LogP contribution is -2.12. The highest BCUT2D eigenvalue weighted by molar-refractivity contribution is 5.49. The van der Waals surface area contributed by atoms with Crippen LogP contribution < -0.4 is 4.74 Å². The molecular formula is C18H19NO. The van der Waals surface area contributed by atoms with Crippen molar-refractivity contribution in [3.8, 4) is 17.6 Å². The van der Waals surface area contributed by atoms with Gasteiger partial charge in [-0.1, -0.05) is 45.0 Å². The van der Waals surface area contributed by atoms with Crippen LogP contribution in [-0.2, 0) is 5.41 Å². The van der Waals surface area contributed by atoms with Crippen LogP contribution in [0.4, 0.5) is 0 Å². The topological polar surface area (TPSA) is 33.0 Å². The number of aryl methyl sites for hydroxylation is 1. The Morgan fingerprint density at radius 3 is 2.35 bits per heavy atom. The van der Waals surface area contributed by atoms with Crippen molar-refractivity contribution in [3.05, 3.63) is 59.2 Å². The second kappa shape index (κ2) is 5.38. The van der Waals surface area contributed by atoms with Gasteiger partial charge >= 0.3 is 0 Å². The summed E-state index contributed by atoms with van der Waals surface area (Å²) in [6, 6.07) is 15.8. The summed E-state index contributed by atoms with van der Waals surface area (Å²) in [6.45, 7) is 8.44. The van der Waals surface area contributed by atoms with Crippen molar-refractivity contribution in [2.45, 2.75) is 33.1 Å². The Morgan fingerprint density at radius 1 is 1.00 bits per heavy atom. The van der Waals surface area contributed by atoms with Gasteiger partial charge in [0.25, 0.3) is 0 Å². The largest absolute Gasteiger partial charge is 0.456 e. The predicted molar refractivity (Wildman–Crippen MR) is 81.1 cm³/mol. The Balaban J connectivity index is 2.46. The lowest BCUT2D eigenvalue weighted by molar-refractivity contribution is 0.454. The lowest BCUT2D eigenvalue weighted by Gasteiger charge is -2.22. The van der Waals surface area contributed by atoms with Gasteiger partial charge < -0.3 is 4.74 Å². The molecule has 2 nitrogen and oxygen atoms in total. The summed E-state index contributed by atoms with van der Waals surface area (Å²) in [5.41, 5.74) is 2.75. The first kappa shape index (κ1) is 14.1. The molecule has 102 valence electrons. The normalized spacial score (nSPS) is 10.9. The average Bonchev–Trinajstić information content (AvgIpc) is 2.38. The molecule has 0 radical (unpaired) electrons. The number of hydrogen-bond donors (Lipinski definition) is 0. The Kier molecular flexibility index (Phi) is 3.81. The van der Waals surface area contributed by atoms with Crippen molar-refractivity contribution < 1.29 is 4.74 Å². The molecule has 0 bridgehead atoms. The third kappa shape index (κ3) is 3.00. The molecule has 0 saturated heterocycles. The van der Waals surface area contributed by atoms with Gasteiger partial charge in [0.05, 0.1) is 5.56 Å². The van der Waals surface area contributed by atoms with E-state index in [1.807, 2.05) is 37.3 Å². The zero-order chi connectivity index (χ0) is 14.8. The van der Waals surface area contributed by atoms with E-state index in [-0.39, 0.29) is 5.41 Å². The summed E-state index contributed by atoms with van der Waals surface area (Å²) in [5.74, 6) is 1.42. The fourth-order valence-electron chi connectivity index (χ4n) is 2.10. The highest BCUT2D eigenvalue weighted by Gasteiger charge is 2.19. The standard InChI is InChI=1S/C18H19NO/c1-13-9-10-14(12-19)17(11-13)20-16-8-6-5-7-15(16)18(2,3)4/h5-11H,1-4H3. The van der Waals surface area contributed by atoms with Gasteiger partial charge in [-0.3, -0.25) is 0 Å². The summed E-state index contributed by atoms with van der Waals surface area (Å²) in [5, 5.41) is 9.19. The van der Waals surface area contributed by atoms with Crippen molar-refractivity contribution in [1.29, 1.82) is 5.26 Å². The fourth-order valence-corrected chi connectivity index (χ4v) is 2.10. The maximum absolute atomic E-state index is 9.19. The first-order chi connectivity index (χ1) is 9.41. The number of rotatable bonds is 2. The summed E-state index contributed by atoms with van der Waals surface area (Å²) < 4.78 is 6.02. The van der Waals surface area contributed by atoms with Gasteiger partial charge in [-0.15, -0.1) is 0 Å². The Hall–Kier alpha value is -2.27. The maximum atomic E-state index is 9.19. The van der Waals surface area contributed by atoms with Gasteiger partial charge in [0.15, 0.2) is 0 Å². The van der Waals surface area contributed by atoms with Crippen molar-refractivity contribution >= 4 is 0 Å². The Morgan fingerprint density at radius 2 is 1.70 bits per heavy atom. The second-order valence-corrected chi connectivity index (χ2v) is 5.96. The molecule has 2 aromatic rings. The van der Waals surface area contributed by atoms with Crippen LogP contribution in [-0.4, -0.2) is 0 Å². The molecule has 0 spiro atoms. The quantitative estimate of drug-likeness (QED) is 0.769. The third-order valence-corrected chi connectivity index (χ3v) is 3.17. The minimum Gasteiger partial charge on any atom is -0.456 e. The van der Waals surface area contributed by atoms with E-state index in [0.29, 0.717) is 11.3 Å². The summed E-state index contributed by atoms with van der Waals surface area (Å²) in [4.78, 5) is 0. The molecular weight excluding hydrogens is 246 g/mol. The van der Waals surface area contributed by atoms with Crippen molar-refractivity contribution in [3.63, 3.8) is 0 Å². The zero-order valence-electron chi connectivity index (χ0n) is 12.4. The van der Waals surface area contributed by atoms with E-state index in [4.69, 9.17) is 4.74 Å². The minimum absolute atomic E-state index is 0.00672. The minimum atomic E-state index is -0.00672. The van der Waals surface area contributed by atoms with Gasteiger partial charge in [-0.25, -0.2) is 0 Å². The van der Waals surface area contributed by atoms with E-state index in [9.17, 15) is 5.26 Å². The maximum Gasteiger partial charge on any atom is 0.145 e. The average molecular weight is 265 g/mol. The SMILES string of the molecule is Cc1ccc(C#N)c(Oc2ccccc2C(C)(C)C)c1. The first-order valence-corrected chi connectivity index (χ1v) is 6.70. The fraction of sp³-hybridized carbons (Fsp3) is 0.278. The van der Waals surface area contributed by atoms with E-state index in [1.54, 1.807) is 6.07 Å². The summed E-state index contributed by atoms with van der Waals surface area (Å²) >= 11 is 0. The van der Waals surface area contributed by atoms with Crippen LogP contribution >= 0.6 is 0 Å². The molecule has 2 rings (SSSR count). The van der Waals surface area contributed by atoms with Crippen molar-refractivity contribution in [2.75, 3.05) is 0 Å². The van der Waals surface area contributed by atoms with Crippen LogP contribution in [0.15, 0.2) is 42.5 Å². The molecule has 2 aromatic carbocycles. The Bertz CT molecular complexity index is 660. The van der Waals surface area contributed by atoms with Gasteiger partial charge in [0.2, 0.25) is 0 Å². The number of nitriles is 1. The van der Waals surface area contributed by atoms with Gasteiger partial charge in [-0.2, -0.15) is 5.26 Å². The number of ether oxygens (including phenoxy) is 1. The van der Waals surface area contributed by atoms with Crippen LogP contribution in [0, 0.1) is 18.3 Å². The number of hydrogen-bond acceptors (Lipinski definition) is 2.